The van der Waals surface area contributed by atoms with E-state index in [-0.39, 0.29) is 6.04 Å². The zero-order valence-electron chi connectivity index (χ0n) is 11.4. The first kappa shape index (κ1) is 12.9. The van der Waals surface area contributed by atoms with Gasteiger partial charge in [0, 0.05) is 12.6 Å². The molecule has 0 bridgehead atoms. The van der Waals surface area contributed by atoms with Crippen LogP contribution in [0, 0.1) is 0 Å². The largest absolute Gasteiger partial charge is 0.494 e. The molecule has 2 unspecified atom stereocenters. The number of rotatable bonds is 5. The lowest BCUT2D eigenvalue weighted by molar-refractivity contribution is 0.0981. The van der Waals surface area contributed by atoms with Gasteiger partial charge in [0.05, 0.1) is 12.7 Å². The molecule has 3 rings (SSSR count). The third-order valence-electron chi connectivity index (χ3n) is 4.20. The van der Waals surface area contributed by atoms with Gasteiger partial charge in [-0.1, -0.05) is 6.07 Å². The van der Waals surface area contributed by atoms with Crippen LogP contribution in [0.5, 0.6) is 5.75 Å². The summed E-state index contributed by atoms with van der Waals surface area (Å²) in [6.45, 7) is 1.72. The summed E-state index contributed by atoms with van der Waals surface area (Å²) in [5.74, 6) is 0.986. The molecule has 0 aromatic heterocycles. The van der Waals surface area contributed by atoms with Gasteiger partial charge in [0.15, 0.2) is 0 Å². The topological polar surface area (TPSA) is 44.5 Å². The van der Waals surface area contributed by atoms with E-state index in [4.69, 9.17) is 15.2 Å². The van der Waals surface area contributed by atoms with Gasteiger partial charge >= 0.3 is 0 Å². The molecule has 2 aliphatic rings. The lowest BCUT2D eigenvalue weighted by atomic mass is 10.1. The Kier molecular flexibility index (Phi) is 4.04. The standard InChI is InChI=1S/C16H23NO2/c17-16-8-5-12-11-14(6-7-15(12)16)19-10-2-4-13-3-1-9-18-13/h6-7,11,13,16H,1-5,8-10,17H2. The Labute approximate surface area is 115 Å². The number of benzene rings is 1. The number of ether oxygens (including phenoxy) is 2. The Bertz CT molecular complexity index is 427. The van der Waals surface area contributed by atoms with Crippen molar-refractivity contribution >= 4 is 0 Å². The Balaban J connectivity index is 1.45. The molecule has 0 amide bonds. The van der Waals surface area contributed by atoms with Crippen molar-refractivity contribution in [2.75, 3.05) is 13.2 Å². The van der Waals surface area contributed by atoms with Crippen LogP contribution in [0.2, 0.25) is 0 Å². The fourth-order valence-electron chi connectivity index (χ4n) is 3.09. The molecule has 2 N–H and O–H groups in total. The number of nitrogens with two attached hydrogens (primary N) is 1. The summed E-state index contributed by atoms with van der Waals surface area (Å²) in [6.07, 6.45) is 7.26. The van der Waals surface area contributed by atoms with Gasteiger partial charge in [-0.25, -0.2) is 0 Å². The van der Waals surface area contributed by atoms with Crippen LogP contribution >= 0.6 is 0 Å². The predicted octanol–water partition coefficient (Wildman–Crippen LogP) is 2.97. The Morgan fingerprint density at radius 1 is 1.32 bits per heavy atom. The minimum atomic E-state index is 0.226. The van der Waals surface area contributed by atoms with Gasteiger partial charge in [-0.3, -0.25) is 0 Å². The van der Waals surface area contributed by atoms with Gasteiger partial charge in [0.25, 0.3) is 0 Å². The minimum Gasteiger partial charge on any atom is -0.494 e. The number of hydrogen-bond acceptors (Lipinski definition) is 3. The van der Waals surface area contributed by atoms with Gasteiger partial charge in [0.2, 0.25) is 0 Å². The predicted molar refractivity (Wildman–Crippen MR) is 75.4 cm³/mol. The van der Waals surface area contributed by atoms with Crippen LogP contribution in [0.4, 0.5) is 0 Å². The first-order valence-corrected chi connectivity index (χ1v) is 7.46. The highest BCUT2D eigenvalue weighted by Crippen LogP contribution is 2.31. The molecule has 1 aromatic rings. The molecule has 2 atom stereocenters. The Hall–Kier alpha value is -1.06. The van der Waals surface area contributed by atoms with Crippen LogP contribution in [0.25, 0.3) is 0 Å². The molecular weight excluding hydrogens is 238 g/mol. The third kappa shape index (κ3) is 3.10. The van der Waals surface area contributed by atoms with Gasteiger partial charge in [-0.05, 0) is 61.8 Å². The average molecular weight is 261 g/mol. The first-order chi connectivity index (χ1) is 9.33. The normalized spacial score (nSPS) is 25.5. The van der Waals surface area contributed by atoms with Crippen molar-refractivity contribution in [3.8, 4) is 5.75 Å². The van der Waals surface area contributed by atoms with Gasteiger partial charge < -0.3 is 15.2 Å². The number of hydrogen-bond donors (Lipinski definition) is 1. The average Bonchev–Trinajstić information content (AvgIpc) is 3.05. The first-order valence-electron chi connectivity index (χ1n) is 7.46. The summed E-state index contributed by atoms with van der Waals surface area (Å²) >= 11 is 0. The van der Waals surface area contributed by atoms with E-state index in [1.54, 1.807) is 0 Å². The van der Waals surface area contributed by atoms with Crippen LogP contribution in [0.1, 0.15) is 49.3 Å². The second-order valence-corrected chi connectivity index (χ2v) is 5.63. The highest BCUT2D eigenvalue weighted by Gasteiger charge is 2.19. The quantitative estimate of drug-likeness (QED) is 0.829. The maximum Gasteiger partial charge on any atom is 0.119 e. The smallest absolute Gasteiger partial charge is 0.119 e. The van der Waals surface area contributed by atoms with Crippen molar-refractivity contribution in [3.63, 3.8) is 0 Å². The van der Waals surface area contributed by atoms with E-state index < -0.39 is 0 Å². The van der Waals surface area contributed by atoms with Crippen molar-refractivity contribution in [1.82, 2.24) is 0 Å². The van der Waals surface area contributed by atoms with Crippen LogP contribution in [-0.4, -0.2) is 19.3 Å². The van der Waals surface area contributed by atoms with Crippen LogP contribution < -0.4 is 10.5 Å². The molecule has 0 saturated carbocycles. The summed E-state index contributed by atoms with van der Waals surface area (Å²) in [5, 5.41) is 0. The Morgan fingerprint density at radius 2 is 2.26 bits per heavy atom. The molecule has 0 spiro atoms. The van der Waals surface area contributed by atoms with E-state index >= 15 is 0 Å². The zero-order chi connectivity index (χ0) is 13.1. The van der Waals surface area contributed by atoms with E-state index in [9.17, 15) is 0 Å². The number of aryl methyl sites for hydroxylation is 1. The molecule has 0 radical (unpaired) electrons. The molecular formula is C16H23NO2. The van der Waals surface area contributed by atoms with Crippen molar-refractivity contribution in [1.29, 1.82) is 0 Å². The van der Waals surface area contributed by atoms with Crippen LogP contribution in [0.15, 0.2) is 18.2 Å². The van der Waals surface area contributed by atoms with Crippen molar-refractivity contribution in [2.45, 2.75) is 50.7 Å². The zero-order valence-corrected chi connectivity index (χ0v) is 11.4. The van der Waals surface area contributed by atoms with Gasteiger partial charge in [-0.15, -0.1) is 0 Å². The monoisotopic (exact) mass is 261 g/mol. The highest BCUT2D eigenvalue weighted by molar-refractivity contribution is 5.40. The maximum atomic E-state index is 6.03. The summed E-state index contributed by atoms with van der Waals surface area (Å²) in [7, 11) is 0. The maximum absolute atomic E-state index is 6.03. The van der Waals surface area contributed by atoms with E-state index in [0.29, 0.717) is 6.10 Å². The molecule has 3 nitrogen and oxygen atoms in total. The van der Waals surface area contributed by atoms with Gasteiger partial charge in [0.1, 0.15) is 5.75 Å². The summed E-state index contributed by atoms with van der Waals surface area (Å²) < 4.78 is 11.4. The second kappa shape index (κ2) is 5.93. The molecule has 1 aromatic carbocycles. The van der Waals surface area contributed by atoms with Crippen LogP contribution in [-0.2, 0) is 11.2 Å². The van der Waals surface area contributed by atoms with E-state index in [1.165, 1.54) is 24.0 Å². The number of fused-ring (bicyclic) bond motifs is 1. The van der Waals surface area contributed by atoms with E-state index in [0.717, 1.165) is 44.6 Å². The summed E-state index contributed by atoms with van der Waals surface area (Å²) in [4.78, 5) is 0. The molecule has 104 valence electrons. The summed E-state index contributed by atoms with van der Waals surface area (Å²) in [6, 6.07) is 6.57. The third-order valence-corrected chi connectivity index (χ3v) is 4.20. The SMILES string of the molecule is NC1CCc2cc(OCCCC3CCCO3)ccc21. The van der Waals surface area contributed by atoms with Gasteiger partial charge in [-0.2, -0.15) is 0 Å². The fourth-order valence-corrected chi connectivity index (χ4v) is 3.09. The summed E-state index contributed by atoms with van der Waals surface area (Å²) in [5.41, 5.74) is 8.70. The lowest BCUT2D eigenvalue weighted by Crippen LogP contribution is -2.08. The molecule has 1 aliphatic carbocycles. The van der Waals surface area contributed by atoms with Crippen LogP contribution in [0.3, 0.4) is 0 Å². The van der Waals surface area contributed by atoms with Crippen molar-refractivity contribution in [3.05, 3.63) is 29.3 Å². The van der Waals surface area contributed by atoms with Crippen molar-refractivity contribution in [2.24, 2.45) is 5.73 Å². The minimum absolute atomic E-state index is 0.226. The molecule has 3 heteroatoms. The van der Waals surface area contributed by atoms with Crippen molar-refractivity contribution < 1.29 is 9.47 Å². The second-order valence-electron chi connectivity index (χ2n) is 5.63. The molecule has 1 saturated heterocycles. The highest BCUT2D eigenvalue weighted by atomic mass is 16.5. The lowest BCUT2D eigenvalue weighted by Gasteiger charge is -2.11. The molecule has 19 heavy (non-hydrogen) atoms. The van der Waals surface area contributed by atoms with E-state index in [1.807, 2.05) is 0 Å². The molecule has 1 heterocycles. The fraction of sp³-hybridized carbons (Fsp3) is 0.625. The van der Waals surface area contributed by atoms with E-state index in [2.05, 4.69) is 18.2 Å². The molecule has 1 fully saturated rings. The molecule has 1 aliphatic heterocycles. The Morgan fingerprint density at radius 3 is 3.11 bits per heavy atom.